The summed E-state index contributed by atoms with van der Waals surface area (Å²) in [5, 5.41) is 0. The maximum atomic E-state index is 11.9. The van der Waals surface area contributed by atoms with E-state index in [1.807, 2.05) is 67.6 Å². The van der Waals surface area contributed by atoms with Crippen molar-refractivity contribution in [1.82, 2.24) is 0 Å². The minimum Gasteiger partial charge on any atom is -0.282 e. The predicted octanol–water partition coefficient (Wildman–Crippen LogP) is 4.83. The summed E-state index contributed by atoms with van der Waals surface area (Å²) in [5.41, 5.74) is 4.25. The molecule has 24 heavy (non-hydrogen) atoms. The van der Waals surface area contributed by atoms with Crippen molar-refractivity contribution in [1.29, 1.82) is 0 Å². The molecule has 0 radical (unpaired) electrons. The summed E-state index contributed by atoms with van der Waals surface area (Å²) in [5.74, 6) is 0. The van der Waals surface area contributed by atoms with Gasteiger partial charge in [-0.2, -0.15) is 8.42 Å². The fourth-order valence-corrected chi connectivity index (χ4v) is 3.76. The second kappa shape index (κ2) is 6.59. The third-order valence-corrected chi connectivity index (χ3v) is 4.95. The predicted molar refractivity (Wildman–Crippen MR) is 96.5 cm³/mol. The Labute approximate surface area is 142 Å². The van der Waals surface area contributed by atoms with E-state index in [4.69, 9.17) is 0 Å². The van der Waals surface area contributed by atoms with Gasteiger partial charge in [-0.3, -0.25) is 4.55 Å². The third kappa shape index (κ3) is 3.11. The first-order valence-electron chi connectivity index (χ1n) is 7.76. The molecule has 0 saturated heterocycles. The summed E-state index contributed by atoms with van der Waals surface area (Å²) in [4.78, 5) is -0.0507. The molecular formula is C20H18O3S. The Morgan fingerprint density at radius 2 is 1.33 bits per heavy atom. The Morgan fingerprint density at radius 3 is 1.83 bits per heavy atom. The van der Waals surface area contributed by atoms with Crippen molar-refractivity contribution < 1.29 is 13.0 Å². The Morgan fingerprint density at radius 1 is 0.792 bits per heavy atom. The molecule has 0 heterocycles. The first-order valence-corrected chi connectivity index (χ1v) is 9.20. The van der Waals surface area contributed by atoms with Crippen LogP contribution in [-0.4, -0.2) is 13.0 Å². The highest BCUT2D eigenvalue weighted by molar-refractivity contribution is 7.86. The van der Waals surface area contributed by atoms with Crippen molar-refractivity contribution in [2.24, 2.45) is 0 Å². The standard InChI is InChI=1S/C20H18O3S/c1-2-17-18(15-9-5-3-6-10-15)13-14-19(24(21,22)23)20(17)16-11-7-4-8-12-16/h3-14H,2H2,1H3,(H,21,22,23). The van der Waals surface area contributed by atoms with Crippen LogP contribution in [0.1, 0.15) is 12.5 Å². The van der Waals surface area contributed by atoms with Gasteiger partial charge in [-0.25, -0.2) is 0 Å². The molecule has 0 atom stereocenters. The molecule has 0 aliphatic rings. The highest BCUT2D eigenvalue weighted by Gasteiger charge is 2.21. The minimum absolute atomic E-state index is 0.0507. The molecule has 0 saturated carbocycles. The summed E-state index contributed by atoms with van der Waals surface area (Å²) < 4.78 is 33.5. The van der Waals surface area contributed by atoms with Crippen LogP contribution in [0.15, 0.2) is 77.7 Å². The second-order valence-corrected chi connectivity index (χ2v) is 6.92. The largest absolute Gasteiger partial charge is 0.295 e. The van der Waals surface area contributed by atoms with Crippen LogP contribution in [0, 0.1) is 0 Å². The highest BCUT2D eigenvalue weighted by Crippen LogP contribution is 2.37. The molecule has 3 aromatic carbocycles. The van der Waals surface area contributed by atoms with Crippen LogP contribution in [0.2, 0.25) is 0 Å². The molecule has 4 heteroatoms. The lowest BCUT2D eigenvalue weighted by atomic mass is 9.90. The van der Waals surface area contributed by atoms with Gasteiger partial charge in [0.25, 0.3) is 10.1 Å². The van der Waals surface area contributed by atoms with Crippen molar-refractivity contribution in [3.05, 3.63) is 78.4 Å². The molecule has 122 valence electrons. The zero-order valence-electron chi connectivity index (χ0n) is 13.3. The molecule has 3 nitrogen and oxygen atoms in total. The SMILES string of the molecule is CCc1c(-c2ccccc2)ccc(S(=O)(=O)O)c1-c1ccccc1. The summed E-state index contributed by atoms with van der Waals surface area (Å²) in [6, 6.07) is 22.4. The maximum absolute atomic E-state index is 11.9. The van der Waals surface area contributed by atoms with Gasteiger partial charge < -0.3 is 0 Å². The van der Waals surface area contributed by atoms with Crippen molar-refractivity contribution in [2.75, 3.05) is 0 Å². The monoisotopic (exact) mass is 338 g/mol. The number of hydrogen-bond donors (Lipinski definition) is 1. The number of hydrogen-bond acceptors (Lipinski definition) is 2. The second-order valence-electron chi connectivity index (χ2n) is 5.53. The normalized spacial score (nSPS) is 11.4. The Bertz CT molecular complexity index is 947. The number of rotatable bonds is 4. The summed E-state index contributed by atoms with van der Waals surface area (Å²) in [6.45, 7) is 1.99. The smallest absolute Gasteiger partial charge is 0.282 e. The maximum Gasteiger partial charge on any atom is 0.295 e. The van der Waals surface area contributed by atoms with Crippen LogP contribution in [0.5, 0.6) is 0 Å². The van der Waals surface area contributed by atoms with Crippen LogP contribution in [0.4, 0.5) is 0 Å². The van der Waals surface area contributed by atoms with Crippen molar-refractivity contribution in [3.8, 4) is 22.3 Å². The van der Waals surface area contributed by atoms with E-state index in [-0.39, 0.29) is 4.90 Å². The fraction of sp³-hybridized carbons (Fsp3) is 0.100. The van der Waals surface area contributed by atoms with E-state index in [2.05, 4.69) is 0 Å². The van der Waals surface area contributed by atoms with E-state index >= 15 is 0 Å². The molecule has 1 N–H and O–H groups in total. The van der Waals surface area contributed by atoms with Crippen LogP contribution in [0.3, 0.4) is 0 Å². The van der Waals surface area contributed by atoms with Gasteiger partial charge in [0.15, 0.2) is 0 Å². The van der Waals surface area contributed by atoms with E-state index in [0.717, 1.165) is 22.3 Å². The van der Waals surface area contributed by atoms with Gasteiger partial charge in [-0.15, -0.1) is 0 Å². The van der Waals surface area contributed by atoms with Crippen molar-refractivity contribution in [3.63, 3.8) is 0 Å². The van der Waals surface area contributed by atoms with Gasteiger partial charge in [0.05, 0.1) is 0 Å². The van der Waals surface area contributed by atoms with Gasteiger partial charge in [0.1, 0.15) is 4.90 Å². The van der Waals surface area contributed by atoms with Gasteiger partial charge in [-0.05, 0) is 34.7 Å². The van der Waals surface area contributed by atoms with Gasteiger partial charge in [-0.1, -0.05) is 73.7 Å². The van der Waals surface area contributed by atoms with Crippen molar-refractivity contribution >= 4 is 10.1 Å². The van der Waals surface area contributed by atoms with Crippen LogP contribution < -0.4 is 0 Å². The van der Waals surface area contributed by atoms with E-state index in [9.17, 15) is 13.0 Å². The molecule has 0 amide bonds. The first kappa shape index (κ1) is 16.4. The third-order valence-electron chi connectivity index (χ3n) is 4.05. The van der Waals surface area contributed by atoms with Gasteiger partial charge >= 0.3 is 0 Å². The molecule has 0 aromatic heterocycles. The van der Waals surface area contributed by atoms with Crippen LogP contribution in [-0.2, 0) is 16.5 Å². The zero-order valence-corrected chi connectivity index (χ0v) is 14.1. The van der Waals surface area contributed by atoms with Crippen LogP contribution >= 0.6 is 0 Å². The average Bonchev–Trinajstić information content (AvgIpc) is 2.61. The lowest BCUT2D eigenvalue weighted by Crippen LogP contribution is -2.05. The molecular weight excluding hydrogens is 320 g/mol. The van der Waals surface area contributed by atoms with Gasteiger partial charge in [0.2, 0.25) is 0 Å². The van der Waals surface area contributed by atoms with Crippen molar-refractivity contribution in [2.45, 2.75) is 18.2 Å². The zero-order chi connectivity index (χ0) is 17.2. The van der Waals surface area contributed by atoms with E-state index in [1.165, 1.54) is 6.07 Å². The number of benzene rings is 3. The summed E-state index contributed by atoms with van der Waals surface area (Å²) in [7, 11) is -4.31. The Kier molecular flexibility index (Phi) is 4.51. The van der Waals surface area contributed by atoms with Gasteiger partial charge in [0, 0.05) is 5.56 Å². The van der Waals surface area contributed by atoms with Crippen LogP contribution in [0.25, 0.3) is 22.3 Å². The quantitative estimate of drug-likeness (QED) is 0.693. The highest BCUT2D eigenvalue weighted by atomic mass is 32.2. The van der Waals surface area contributed by atoms with E-state index in [0.29, 0.717) is 12.0 Å². The first-order chi connectivity index (χ1) is 11.5. The topological polar surface area (TPSA) is 54.4 Å². The Hall–Kier alpha value is -2.43. The average molecular weight is 338 g/mol. The Balaban J connectivity index is 2.38. The molecule has 3 aromatic rings. The summed E-state index contributed by atoms with van der Waals surface area (Å²) >= 11 is 0. The molecule has 0 aliphatic carbocycles. The minimum atomic E-state index is -4.31. The lowest BCUT2D eigenvalue weighted by molar-refractivity contribution is 0.483. The van der Waals surface area contributed by atoms with E-state index in [1.54, 1.807) is 6.07 Å². The molecule has 0 unspecified atom stereocenters. The molecule has 0 bridgehead atoms. The fourth-order valence-electron chi connectivity index (χ4n) is 3.02. The molecule has 0 aliphatic heterocycles. The molecule has 0 fully saturated rings. The molecule has 3 rings (SSSR count). The van der Waals surface area contributed by atoms with E-state index < -0.39 is 10.1 Å². The molecule has 0 spiro atoms. The lowest BCUT2D eigenvalue weighted by Gasteiger charge is -2.17. The summed E-state index contributed by atoms with van der Waals surface area (Å²) in [6.07, 6.45) is 0.651.